The van der Waals surface area contributed by atoms with Crippen LogP contribution >= 0.6 is 18.2 Å². The van der Waals surface area contributed by atoms with Gasteiger partial charge in [-0.15, -0.1) is 0 Å². The lowest BCUT2D eigenvalue weighted by Gasteiger charge is -2.26. The molecule has 0 aromatic heterocycles. The van der Waals surface area contributed by atoms with Crippen molar-refractivity contribution in [2.24, 2.45) is 0 Å². The summed E-state index contributed by atoms with van der Waals surface area (Å²) < 4.78 is 9.09. The molecule has 140 valence electrons. The number of carboxylic acid groups (broad SMARTS) is 1. The molecule has 2 aromatic rings. The minimum atomic E-state index is -4.17. The maximum Gasteiger partial charge on any atom is 0.419 e. The number of nitrogens with zero attached hydrogens (tertiary/aromatic N) is 1. The molecule has 0 radical (unpaired) electrons. The van der Waals surface area contributed by atoms with Crippen LogP contribution in [0.25, 0.3) is 0 Å². The summed E-state index contributed by atoms with van der Waals surface area (Å²) in [6.45, 7) is -2.38. The van der Waals surface area contributed by atoms with Crippen molar-refractivity contribution in [3.8, 4) is 0 Å². The van der Waals surface area contributed by atoms with Crippen molar-refractivity contribution in [3.63, 3.8) is 0 Å². The van der Waals surface area contributed by atoms with E-state index < -0.39 is 19.0 Å². The Kier molecular flexibility index (Phi) is 8.48. The number of aliphatic carboxylic acids is 1. The number of rotatable bonds is 5. The Bertz CT molecular complexity index is 757. The number of carboxylic acids is 1. The summed E-state index contributed by atoms with van der Waals surface area (Å²) in [5.41, 5.74) is 1.39. The summed E-state index contributed by atoms with van der Waals surface area (Å²) in [6.07, 6.45) is 0. The lowest BCUT2D eigenvalue weighted by molar-refractivity contribution is -0.141. The van der Waals surface area contributed by atoms with E-state index in [1.165, 1.54) is 11.8 Å². The van der Waals surface area contributed by atoms with E-state index in [0.717, 1.165) is 5.56 Å². The van der Waals surface area contributed by atoms with Gasteiger partial charge in [-0.1, -0.05) is 48.5 Å². The standard InChI is InChI=1S/C17H17NO3.ClH2O3P/c1-13(17(20)21)18(12-14-8-4-2-5-9-14)16(19)15-10-6-3-7-11-15;1-5(2,3)4/h2-11,13H,12H2,1H3,(H,20,21);(H2,2,3,4)/t13-;/m0./s1. The molecule has 0 saturated heterocycles. The second kappa shape index (κ2) is 10.1. The first kappa shape index (κ1) is 21.9. The fourth-order valence-electron chi connectivity index (χ4n) is 2.04. The van der Waals surface area contributed by atoms with Crippen molar-refractivity contribution >= 4 is 30.1 Å². The van der Waals surface area contributed by atoms with Gasteiger partial charge < -0.3 is 19.8 Å². The predicted molar refractivity (Wildman–Crippen MR) is 97.8 cm³/mol. The highest BCUT2D eigenvalue weighted by molar-refractivity contribution is 7.79. The van der Waals surface area contributed by atoms with E-state index in [1.54, 1.807) is 24.3 Å². The van der Waals surface area contributed by atoms with Crippen LogP contribution in [0, 0.1) is 0 Å². The van der Waals surface area contributed by atoms with E-state index in [-0.39, 0.29) is 12.5 Å². The lowest BCUT2D eigenvalue weighted by Crippen LogP contribution is -2.42. The lowest BCUT2D eigenvalue weighted by atomic mass is 10.1. The maximum atomic E-state index is 12.6. The third-order valence-corrected chi connectivity index (χ3v) is 3.30. The number of hydrogen-bond donors (Lipinski definition) is 3. The molecule has 1 amide bonds. The zero-order valence-electron chi connectivity index (χ0n) is 13.9. The smallest absolute Gasteiger partial charge is 0.419 e. The van der Waals surface area contributed by atoms with Crippen molar-refractivity contribution in [1.29, 1.82) is 0 Å². The predicted octanol–water partition coefficient (Wildman–Crippen LogP) is 3.12. The molecule has 0 spiro atoms. The molecule has 1 atom stereocenters. The highest BCUT2D eigenvalue weighted by Gasteiger charge is 2.26. The first-order chi connectivity index (χ1) is 12.1. The van der Waals surface area contributed by atoms with Gasteiger partial charge >= 0.3 is 12.9 Å². The Morgan fingerprint density at radius 3 is 1.88 bits per heavy atom. The monoisotopic (exact) mass is 399 g/mol. The second-order valence-corrected chi connectivity index (χ2v) is 7.54. The topological polar surface area (TPSA) is 115 Å². The number of carbonyl (C=O) groups excluding carboxylic acids is 1. The molecule has 0 aliphatic carbocycles. The van der Waals surface area contributed by atoms with Gasteiger partial charge in [0.05, 0.1) is 0 Å². The summed E-state index contributed by atoms with van der Waals surface area (Å²) >= 11 is 4.20. The zero-order valence-corrected chi connectivity index (χ0v) is 15.5. The molecule has 2 aromatic carbocycles. The second-order valence-electron chi connectivity index (χ2n) is 5.27. The highest BCUT2D eigenvalue weighted by Crippen LogP contribution is 2.39. The average Bonchev–Trinajstić information content (AvgIpc) is 2.58. The van der Waals surface area contributed by atoms with Crippen molar-refractivity contribution in [3.05, 3.63) is 71.8 Å². The molecule has 0 saturated carbocycles. The molecule has 0 bridgehead atoms. The molecule has 0 fully saturated rings. The van der Waals surface area contributed by atoms with Gasteiger partial charge in [0.15, 0.2) is 0 Å². The summed E-state index contributed by atoms with van der Waals surface area (Å²) in [7, 11) is 0. The number of halogens is 1. The van der Waals surface area contributed by atoms with Gasteiger partial charge in [-0.3, -0.25) is 4.79 Å². The molecule has 0 unspecified atom stereocenters. The Hall–Kier alpha value is -2.18. The zero-order chi connectivity index (χ0) is 19.7. The summed E-state index contributed by atoms with van der Waals surface area (Å²) in [5.74, 6) is -1.30. The number of benzene rings is 2. The van der Waals surface area contributed by atoms with E-state index in [4.69, 9.17) is 14.4 Å². The molecule has 2 rings (SSSR count). The normalized spacial score (nSPS) is 11.7. The summed E-state index contributed by atoms with van der Waals surface area (Å²) in [5, 5.41) is 9.23. The molecule has 0 aliphatic heterocycles. The van der Waals surface area contributed by atoms with E-state index in [1.807, 2.05) is 36.4 Å². The van der Waals surface area contributed by atoms with Crippen molar-refractivity contribution in [2.75, 3.05) is 0 Å². The van der Waals surface area contributed by atoms with E-state index in [9.17, 15) is 14.7 Å². The molecular weight excluding hydrogens is 381 g/mol. The van der Waals surface area contributed by atoms with Gasteiger partial charge in [0.1, 0.15) is 6.04 Å². The summed E-state index contributed by atoms with van der Waals surface area (Å²) in [4.78, 5) is 40.0. The van der Waals surface area contributed by atoms with Gasteiger partial charge in [-0.25, -0.2) is 9.36 Å². The van der Waals surface area contributed by atoms with E-state index in [2.05, 4.69) is 11.2 Å². The van der Waals surface area contributed by atoms with Crippen LogP contribution < -0.4 is 0 Å². The Balaban J connectivity index is 0.000000597. The van der Waals surface area contributed by atoms with Crippen LogP contribution in [0.2, 0.25) is 0 Å². The number of carbonyl (C=O) groups is 2. The minimum Gasteiger partial charge on any atom is -0.480 e. The van der Waals surface area contributed by atoms with Crippen LogP contribution in [0.3, 0.4) is 0 Å². The molecule has 0 heterocycles. The Morgan fingerprint density at radius 2 is 1.46 bits per heavy atom. The van der Waals surface area contributed by atoms with Crippen LogP contribution in [-0.2, 0) is 15.9 Å². The van der Waals surface area contributed by atoms with E-state index >= 15 is 0 Å². The fraction of sp³-hybridized carbons (Fsp3) is 0.176. The van der Waals surface area contributed by atoms with Crippen LogP contribution in [-0.4, -0.2) is 37.7 Å². The highest BCUT2D eigenvalue weighted by atomic mass is 35.7. The van der Waals surface area contributed by atoms with Gasteiger partial charge in [0, 0.05) is 23.3 Å². The molecule has 9 heteroatoms. The van der Waals surface area contributed by atoms with Gasteiger partial charge in [-0.2, -0.15) is 0 Å². The summed E-state index contributed by atoms with van der Waals surface area (Å²) in [6, 6.07) is 17.2. The van der Waals surface area contributed by atoms with Crippen LogP contribution in [0.5, 0.6) is 0 Å². The van der Waals surface area contributed by atoms with Crippen LogP contribution in [0.1, 0.15) is 22.8 Å². The van der Waals surface area contributed by atoms with Crippen LogP contribution in [0.4, 0.5) is 0 Å². The van der Waals surface area contributed by atoms with Gasteiger partial charge in [0.25, 0.3) is 5.91 Å². The largest absolute Gasteiger partial charge is 0.480 e. The SMILES string of the molecule is C[C@@H](C(=O)O)N(Cc1ccccc1)C(=O)c1ccccc1.O=P(O)(O)Cl. The Labute approximate surface area is 155 Å². The molecule has 3 N–H and O–H groups in total. The molecular formula is C17H19ClNO6P. The maximum absolute atomic E-state index is 12.6. The van der Waals surface area contributed by atoms with E-state index in [0.29, 0.717) is 5.56 Å². The van der Waals surface area contributed by atoms with Crippen molar-refractivity contribution < 1.29 is 29.0 Å². The van der Waals surface area contributed by atoms with Crippen molar-refractivity contribution in [2.45, 2.75) is 19.5 Å². The Morgan fingerprint density at radius 1 is 1.04 bits per heavy atom. The average molecular weight is 400 g/mol. The third kappa shape index (κ3) is 8.27. The van der Waals surface area contributed by atoms with Gasteiger partial charge in [0.2, 0.25) is 0 Å². The third-order valence-electron chi connectivity index (χ3n) is 3.30. The van der Waals surface area contributed by atoms with Crippen LogP contribution in [0.15, 0.2) is 60.7 Å². The molecule has 7 nitrogen and oxygen atoms in total. The number of amides is 1. The van der Waals surface area contributed by atoms with Crippen molar-refractivity contribution in [1.82, 2.24) is 4.90 Å². The molecule has 0 aliphatic rings. The number of hydrogen-bond acceptors (Lipinski definition) is 3. The first-order valence-electron chi connectivity index (χ1n) is 7.47. The quantitative estimate of drug-likeness (QED) is 0.665. The fourth-order valence-corrected chi connectivity index (χ4v) is 2.04. The first-order valence-corrected chi connectivity index (χ1v) is 9.99. The minimum absolute atomic E-state index is 0.266. The molecule has 26 heavy (non-hydrogen) atoms. The van der Waals surface area contributed by atoms with Gasteiger partial charge in [-0.05, 0) is 24.6 Å².